The second-order valence-electron chi connectivity index (χ2n) is 9.29. The van der Waals surface area contributed by atoms with Crippen LogP contribution in [0.15, 0.2) is 22.6 Å². The second-order valence-corrected chi connectivity index (χ2v) is 11.6. The Balaban J connectivity index is 2.86. The molecule has 7 heteroatoms. The number of sulfone groups is 1. The molecule has 1 aromatic rings. The molecule has 1 N–H and O–H groups in total. The summed E-state index contributed by atoms with van der Waals surface area (Å²) in [6, 6.07) is 2.70. The lowest BCUT2D eigenvalue weighted by Crippen LogP contribution is -2.58. The molecule has 0 saturated heterocycles. The molecule has 1 aliphatic carbocycles. The average Bonchev–Trinajstić information content (AvgIpc) is 2.58. The van der Waals surface area contributed by atoms with Gasteiger partial charge in [0.05, 0.1) is 9.92 Å². The highest BCUT2D eigenvalue weighted by Crippen LogP contribution is 2.58. The van der Waals surface area contributed by atoms with Crippen LogP contribution >= 0.6 is 11.6 Å². The molecular weight excluding hydrogens is 412 g/mol. The predicted molar refractivity (Wildman–Crippen MR) is 115 cm³/mol. The molecule has 0 heterocycles. The van der Waals surface area contributed by atoms with Gasteiger partial charge in [0.2, 0.25) is 0 Å². The summed E-state index contributed by atoms with van der Waals surface area (Å²) in [6.45, 7) is 12.6. The first-order valence-electron chi connectivity index (χ1n) is 9.49. The van der Waals surface area contributed by atoms with Gasteiger partial charge in [-0.2, -0.15) is 0 Å². The van der Waals surface area contributed by atoms with Crippen LogP contribution in [0.1, 0.15) is 59.6 Å². The van der Waals surface area contributed by atoms with E-state index >= 15 is 0 Å². The van der Waals surface area contributed by atoms with E-state index in [1.807, 2.05) is 13.8 Å². The molecule has 1 aromatic carbocycles. The molecule has 0 bridgehead atoms. The highest BCUT2D eigenvalue weighted by Gasteiger charge is 2.61. The van der Waals surface area contributed by atoms with Crippen molar-refractivity contribution in [1.82, 2.24) is 0 Å². The van der Waals surface area contributed by atoms with Crippen molar-refractivity contribution < 1.29 is 23.1 Å². The molecule has 1 aliphatic rings. The number of benzene rings is 1. The van der Waals surface area contributed by atoms with Crippen LogP contribution in [-0.2, 0) is 25.8 Å². The van der Waals surface area contributed by atoms with E-state index in [4.69, 9.17) is 11.6 Å². The summed E-state index contributed by atoms with van der Waals surface area (Å²) < 4.78 is 24.1. The van der Waals surface area contributed by atoms with E-state index in [1.54, 1.807) is 34.6 Å². The Kier molecular flexibility index (Phi) is 5.66. The number of rotatable bonds is 3. The van der Waals surface area contributed by atoms with Gasteiger partial charge in [-0.05, 0) is 29.5 Å². The van der Waals surface area contributed by atoms with E-state index in [0.717, 1.165) is 6.26 Å². The maximum Gasteiger partial charge on any atom is 0.176 e. The minimum atomic E-state index is -3.53. The van der Waals surface area contributed by atoms with Gasteiger partial charge in [-0.1, -0.05) is 60.1 Å². The zero-order chi connectivity index (χ0) is 22.7. The van der Waals surface area contributed by atoms with E-state index < -0.39 is 43.4 Å². The number of hydrogen-bond donors (Lipinski definition) is 1. The molecule has 0 atom stereocenters. The fourth-order valence-electron chi connectivity index (χ4n) is 3.89. The van der Waals surface area contributed by atoms with E-state index in [1.165, 1.54) is 12.1 Å². The van der Waals surface area contributed by atoms with Crippen LogP contribution in [0.5, 0.6) is 0 Å². The Hall–Kier alpha value is -1.66. The zero-order valence-electron chi connectivity index (χ0n) is 18.2. The third kappa shape index (κ3) is 3.25. The second kappa shape index (κ2) is 6.95. The minimum Gasteiger partial charge on any atom is -0.506 e. The number of halogens is 1. The Morgan fingerprint density at radius 2 is 1.45 bits per heavy atom. The van der Waals surface area contributed by atoms with Crippen molar-refractivity contribution in [2.24, 2.45) is 16.2 Å². The van der Waals surface area contributed by atoms with Crippen LogP contribution in [0.4, 0.5) is 0 Å². The third-order valence-electron chi connectivity index (χ3n) is 7.16. The van der Waals surface area contributed by atoms with Gasteiger partial charge in [0, 0.05) is 22.6 Å². The Labute approximate surface area is 178 Å². The Morgan fingerprint density at radius 1 is 1.00 bits per heavy atom. The summed E-state index contributed by atoms with van der Waals surface area (Å²) in [6.07, 6.45) is 1.39. The van der Waals surface area contributed by atoms with Crippen LogP contribution in [0.3, 0.4) is 0 Å². The predicted octanol–water partition coefficient (Wildman–Crippen LogP) is 4.81. The standard InChI is InChI=1S/C22H29ClO5S/c1-9-12-14(29(8,27)28)11-10-13(16(12)23)17(24)15-18(25)20(2,3)22(6,7)21(4,5)19(15)26/h10-11,24H,9H2,1-8H3. The van der Waals surface area contributed by atoms with E-state index in [-0.39, 0.29) is 21.1 Å². The van der Waals surface area contributed by atoms with Crippen molar-refractivity contribution in [3.8, 4) is 0 Å². The molecule has 1 saturated carbocycles. The van der Waals surface area contributed by atoms with E-state index in [0.29, 0.717) is 12.0 Å². The Morgan fingerprint density at radius 3 is 1.83 bits per heavy atom. The largest absolute Gasteiger partial charge is 0.506 e. The first-order chi connectivity index (χ1) is 12.9. The first kappa shape index (κ1) is 23.6. The molecule has 160 valence electrons. The van der Waals surface area contributed by atoms with Crippen molar-refractivity contribution in [3.63, 3.8) is 0 Å². The third-order valence-corrected chi connectivity index (χ3v) is 8.77. The summed E-state index contributed by atoms with van der Waals surface area (Å²) in [5.74, 6) is -1.41. The average molecular weight is 441 g/mol. The van der Waals surface area contributed by atoms with Crippen molar-refractivity contribution in [2.45, 2.75) is 59.8 Å². The Bertz CT molecular complexity index is 1010. The smallest absolute Gasteiger partial charge is 0.176 e. The van der Waals surface area contributed by atoms with E-state index in [2.05, 4.69) is 0 Å². The van der Waals surface area contributed by atoms with Crippen LogP contribution in [0, 0.1) is 16.2 Å². The molecule has 0 unspecified atom stereocenters. The number of allylic oxidation sites excluding steroid dienone is 1. The molecule has 29 heavy (non-hydrogen) atoms. The van der Waals surface area contributed by atoms with Gasteiger partial charge in [-0.15, -0.1) is 0 Å². The normalized spacial score (nSPS) is 20.7. The maximum atomic E-state index is 13.3. The van der Waals surface area contributed by atoms with E-state index in [9.17, 15) is 23.1 Å². The van der Waals surface area contributed by atoms with Crippen molar-refractivity contribution in [2.75, 3.05) is 6.26 Å². The molecule has 0 radical (unpaired) electrons. The topological polar surface area (TPSA) is 88.5 Å². The monoisotopic (exact) mass is 440 g/mol. The summed E-state index contributed by atoms with van der Waals surface area (Å²) in [5, 5.41) is 11.0. The summed E-state index contributed by atoms with van der Waals surface area (Å²) in [7, 11) is -3.53. The van der Waals surface area contributed by atoms with Gasteiger partial charge in [0.15, 0.2) is 21.4 Å². The lowest BCUT2D eigenvalue weighted by atomic mass is 9.47. The molecular formula is C22H29ClO5S. The quantitative estimate of drug-likeness (QED) is 0.414. The number of carbonyl (C=O) groups excluding carboxylic acids is 2. The summed E-state index contributed by atoms with van der Waals surface area (Å²) in [5.41, 5.74) is -2.35. The van der Waals surface area contributed by atoms with Gasteiger partial charge in [-0.25, -0.2) is 8.42 Å². The highest BCUT2D eigenvalue weighted by atomic mass is 35.5. The highest BCUT2D eigenvalue weighted by molar-refractivity contribution is 7.90. The minimum absolute atomic E-state index is 0.0291. The molecule has 0 amide bonds. The number of ketones is 2. The van der Waals surface area contributed by atoms with Crippen LogP contribution in [0.2, 0.25) is 5.02 Å². The number of carbonyl (C=O) groups is 2. The molecule has 1 fully saturated rings. The molecule has 5 nitrogen and oxygen atoms in total. The molecule has 0 aliphatic heterocycles. The van der Waals surface area contributed by atoms with Gasteiger partial charge >= 0.3 is 0 Å². The number of Topliss-reactive ketones (excluding diaryl/α,β-unsaturated/α-hetero) is 2. The van der Waals surface area contributed by atoms with Crippen LogP contribution < -0.4 is 0 Å². The summed E-state index contributed by atoms with van der Waals surface area (Å²) in [4.78, 5) is 26.6. The molecule has 2 rings (SSSR count). The number of hydrogen-bond acceptors (Lipinski definition) is 5. The summed E-state index contributed by atoms with van der Waals surface area (Å²) >= 11 is 6.45. The van der Waals surface area contributed by atoms with Gasteiger partial charge in [0.1, 0.15) is 11.3 Å². The lowest BCUT2D eigenvalue weighted by molar-refractivity contribution is -0.153. The van der Waals surface area contributed by atoms with Crippen molar-refractivity contribution in [1.29, 1.82) is 0 Å². The fourth-order valence-corrected chi connectivity index (χ4v) is 5.34. The fraction of sp³-hybridized carbons (Fsp3) is 0.545. The molecule has 0 spiro atoms. The zero-order valence-corrected chi connectivity index (χ0v) is 19.8. The maximum absolute atomic E-state index is 13.3. The van der Waals surface area contributed by atoms with Crippen molar-refractivity contribution >= 4 is 38.8 Å². The lowest BCUT2D eigenvalue weighted by Gasteiger charge is -2.54. The molecule has 0 aromatic heterocycles. The number of aliphatic hydroxyl groups is 1. The van der Waals surface area contributed by atoms with Gasteiger partial charge < -0.3 is 5.11 Å². The first-order valence-corrected chi connectivity index (χ1v) is 11.8. The van der Waals surface area contributed by atoms with Crippen molar-refractivity contribution in [3.05, 3.63) is 33.9 Å². The van der Waals surface area contributed by atoms with Crippen LogP contribution in [0.25, 0.3) is 5.76 Å². The SMILES string of the molecule is CCc1c(S(C)(=O)=O)ccc(C(O)=C2C(=O)C(C)(C)C(C)(C)C(C)(C)C2=O)c1Cl. The van der Waals surface area contributed by atoms with Crippen LogP contribution in [-0.4, -0.2) is 31.3 Å². The van der Waals surface area contributed by atoms with Gasteiger partial charge in [-0.3, -0.25) is 9.59 Å². The van der Waals surface area contributed by atoms with Gasteiger partial charge in [0.25, 0.3) is 0 Å². The number of aliphatic hydroxyl groups excluding tert-OH is 1.